The molecule has 0 bridgehead atoms. The van der Waals surface area contributed by atoms with Crippen LogP contribution in [0.5, 0.6) is 0 Å². The van der Waals surface area contributed by atoms with Crippen LogP contribution in [-0.2, 0) is 14.1 Å². The Bertz CT molecular complexity index is 466. The number of nitrogens with zero attached hydrogens (tertiary/aromatic N) is 5. The highest BCUT2D eigenvalue weighted by Gasteiger charge is 2.14. The van der Waals surface area contributed by atoms with Crippen molar-refractivity contribution >= 4 is 5.82 Å². The predicted molar refractivity (Wildman–Crippen MR) is 52.4 cm³/mol. The van der Waals surface area contributed by atoms with Gasteiger partial charge in [0, 0.05) is 14.1 Å². The third-order valence-electron chi connectivity index (χ3n) is 2.13. The maximum atomic E-state index is 5.87. The summed E-state index contributed by atoms with van der Waals surface area (Å²) in [5.74, 6) is 0.614. The van der Waals surface area contributed by atoms with E-state index < -0.39 is 0 Å². The van der Waals surface area contributed by atoms with Crippen molar-refractivity contribution in [1.29, 1.82) is 0 Å². The first-order valence-corrected chi connectivity index (χ1v) is 4.25. The van der Waals surface area contributed by atoms with Crippen molar-refractivity contribution in [2.24, 2.45) is 14.1 Å². The number of rotatable bonds is 1. The van der Waals surface area contributed by atoms with Gasteiger partial charge in [0.2, 0.25) is 0 Å². The van der Waals surface area contributed by atoms with Crippen LogP contribution >= 0.6 is 0 Å². The molecule has 0 aromatic carbocycles. The zero-order valence-electron chi connectivity index (χ0n) is 8.39. The van der Waals surface area contributed by atoms with E-state index in [-0.39, 0.29) is 0 Å². The largest absolute Gasteiger partial charge is 0.383 e. The summed E-state index contributed by atoms with van der Waals surface area (Å²) in [6, 6.07) is 0. The summed E-state index contributed by atoms with van der Waals surface area (Å²) >= 11 is 0. The molecule has 0 radical (unpaired) electrons. The van der Waals surface area contributed by atoms with E-state index in [0.717, 1.165) is 17.0 Å². The van der Waals surface area contributed by atoms with Crippen LogP contribution in [0.25, 0.3) is 11.3 Å². The SMILES string of the molecule is Cc1nn(C)c(N)c1-c1cn(C)nn1. The van der Waals surface area contributed by atoms with Crippen molar-refractivity contribution in [1.82, 2.24) is 24.8 Å². The van der Waals surface area contributed by atoms with Gasteiger partial charge in [0.15, 0.2) is 0 Å². The Hall–Kier alpha value is -1.85. The lowest BCUT2D eigenvalue weighted by Crippen LogP contribution is -1.98. The summed E-state index contributed by atoms with van der Waals surface area (Å²) < 4.78 is 3.28. The highest BCUT2D eigenvalue weighted by molar-refractivity contribution is 5.72. The Labute approximate surface area is 81.3 Å². The van der Waals surface area contributed by atoms with Crippen LogP contribution in [0.3, 0.4) is 0 Å². The van der Waals surface area contributed by atoms with Gasteiger partial charge in [0.05, 0.1) is 17.5 Å². The van der Waals surface area contributed by atoms with Gasteiger partial charge in [-0.3, -0.25) is 9.36 Å². The highest BCUT2D eigenvalue weighted by Crippen LogP contribution is 2.26. The standard InChI is InChI=1S/C8H12N6/c1-5-7(8(9)14(3)11-5)6-4-13(2)12-10-6/h4H,9H2,1-3H3. The second-order valence-corrected chi connectivity index (χ2v) is 3.25. The number of nitrogens with two attached hydrogens (primary N) is 1. The van der Waals surface area contributed by atoms with E-state index >= 15 is 0 Å². The van der Waals surface area contributed by atoms with Crippen LogP contribution in [0.15, 0.2) is 6.20 Å². The first kappa shape index (κ1) is 8.74. The molecular formula is C8H12N6. The van der Waals surface area contributed by atoms with Gasteiger partial charge >= 0.3 is 0 Å². The van der Waals surface area contributed by atoms with Crippen LogP contribution in [-0.4, -0.2) is 24.8 Å². The van der Waals surface area contributed by atoms with Crippen molar-refractivity contribution in [3.05, 3.63) is 11.9 Å². The summed E-state index contributed by atoms with van der Waals surface area (Å²) in [5.41, 5.74) is 8.36. The smallest absolute Gasteiger partial charge is 0.131 e. The minimum absolute atomic E-state index is 0.614. The van der Waals surface area contributed by atoms with Crippen molar-refractivity contribution < 1.29 is 0 Å². The molecule has 0 fully saturated rings. The number of nitrogen functional groups attached to an aromatic ring is 1. The third-order valence-corrected chi connectivity index (χ3v) is 2.13. The Morgan fingerprint density at radius 2 is 2.07 bits per heavy atom. The number of aryl methyl sites for hydroxylation is 3. The first-order valence-electron chi connectivity index (χ1n) is 4.25. The molecule has 0 amide bonds. The maximum absolute atomic E-state index is 5.87. The maximum Gasteiger partial charge on any atom is 0.131 e. The average molecular weight is 192 g/mol. The van der Waals surface area contributed by atoms with Gasteiger partial charge < -0.3 is 5.73 Å². The van der Waals surface area contributed by atoms with Crippen molar-refractivity contribution in [3.8, 4) is 11.3 Å². The molecular weight excluding hydrogens is 180 g/mol. The molecule has 14 heavy (non-hydrogen) atoms. The van der Waals surface area contributed by atoms with E-state index in [1.807, 2.05) is 27.2 Å². The van der Waals surface area contributed by atoms with Gasteiger partial charge in [-0.15, -0.1) is 5.10 Å². The van der Waals surface area contributed by atoms with E-state index in [2.05, 4.69) is 15.4 Å². The van der Waals surface area contributed by atoms with E-state index in [1.165, 1.54) is 0 Å². The van der Waals surface area contributed by atoms with E-state index in [0.29, 0.717) is 5.82 Å². The molecule has 2 heterocycles. The molecule has 0 atom stereocenters. The fourth-order valence-electron chi connectivity index (χ4n) is 1.45. The minimum atomic E-state index is 0.614. The quantitative estimate of drug-likeness (QED) is 0.695. The van der Waals surface area contributed by atoms with Gasteiger partial charge in [0.1, 0.15) is 11.5 Å². The average Bonchev–Trinajstić information content (AvgIpc) is 2.60. The van der Waals surface area contributed by atoms with E-state index in [9.17, 15) is 0 Å². The Balaban J connectivity index is 2.61. The lowest BCUT2D eigenvalue weighted by Gasteiger charge is -1.95. The molecule has 2 N–H and O–H groups in total. The summed E-state index contributed by atoms with van der Waals surface area (Å²) in [6.45, 7) is 1.90. The molecule has 0 spiro atoms. The molecule has 74 valence electrons. The topological polar surface area (TPSA) is 74.6 Å². The van der Waals surface area contributed by atoms with E-state index in [4.69, 9.17) is 5.73 Å². The second kappa shape index (κ2) is 2.83. The van der Waals surface area contributed by atoms with Crippen molar-refractivity contribution in [2.45, 2.75) is 6.92 Å². The van der Waals surface area contributed by atoms with Gasteiger partial charge in [0.25, 0.3) is 0 Å². The van der Waals surface area contributed by atoms with Gasteiger partial charge in [-0.25, -0.2) is 0 Å². The summed E-state index contributed by atoms with van der Waals surface area (Å²) in [7, 11) is 3.63. The summed E-state index contributed by atoms with van der Waals surface area (Å²) in [6.07, 6.45) is 1.82. The summed E-state index contributed by atoms with van der Waals surface area (Å²) in [4.78, 5) is 0. The lowest BCUT2D eigenvalue weighted by atomic mass is 10.2. The fourth-order valence-corrected chi connectivity index (χ4v) is 1.45. The molecule has 6 heteroatoms. The second-order valence-electron chi connectivity index (χ2n) is 3.25. The van der Waals surface area contributed by atoms with Gasteiger partial charge in [-0.2, -0.15) is 5.10 Å². The van der Waals surface area contributed by atoms with Crippen LogP contribution in [0.1, 0.15) is 5.69 Å². The van der Waals surface area contributed by atoms with Crippen LogP contribution in [0, 0.1) is 6.92 Å². The van der Waals surface area contributed by atoms with Crippen LogP contribution < -0.4 is 5.73 Å². The first-order chi connectivity index (χ1) is 6.59. The molecule has 2 aromatic rings. The van der Waals surface area contributed by atoms with Crippen molar-refractivity contribution in [3.63, 3.8) is 0 Å². The molecule has 0 unspecified atom stereocenters. The Kier molecular flexibility index (Phi) is 1.77. The molecule has 0 aliphatic rings. The van der Waals surface area contributed by atoms with Gasteiger partial charge in [-0.1, -0.05) is 5.21 Å². The zero-order valence-corrected chi connectivity index (χ0v) is 8.39. The number of anilines is 1. The molecule has 0 saturated carbocycles. The molecule has 0 aliphatic heterocycles. The Morgan fingerprint density at radius 3 is 2.50 bits per heavy atom. The normalized spacial score (nSPS) is 10.8. The third kappa shape index (κ3) is 1.15. The van der Waals surface area contributed by atoms with Crippen LogP contribution in [0.2, 0.25) is 0 Å². The van der Waals surface area contributed by atoms with E-state index in [1.54, 1.807) is 9.36 Å². The number of aromatic nitrogens is 5. The Morgan fingerprint density at radius 1 is 1.36 bits per heavy atom. The summed E-state index contributed by atoms with van der Waals surface area (Å²) in [5, 5.41) is 12.1. The van der Waals surface area contributed by atoms with Crippen molar-refractivity contribution in [2.75, 3.05) is 5.73 Å². The zero-order chi connectivity index (χ0) is 10.3. The number of hydrogen-bond donors (Lipinski definition) is 1. The van der Waals surface area contributed by atoms with Gasteiger partial charge in [-0.05, 0) is 6.92 Å². The highest BCUT2D eigenvalue weighted by atomic mass is 15.4. The van der Waals surface area contributed by atoms with Crippen LogP contribution in [0.4, 0.5) is 5.82 Å². The lowest BCUT2D eigenvalue weighted by molar-refractivity contribution is 0.715. The minimum Gasteiger partial charge on any atom is -0.383 e. The molecule has 0 aliphatic carbocycles. The molecule has 0 saturated heterocycles. The fraction of sp³-hybridized carbons (Fsp3) is 0.375. The molecule has 6 nitrogen and oxygen atoms in total. The molecule has 2 rings (SSSR count). The monoisotopic (exact) mass is 192 g/mol. The predicted octanol–water partition coefficient (Wildman–Crippen LogP) is 0.106. The molecule has 2 aromatic heterocycles. The number of hydrogen-bond acceptors (Lipinski definition) is 4.